The monoisotopic (exact) mass is 411 g/mol. The van der Waals surface area contributed by atoms with Crippen molar-refractivity contribution in [3.8, 4) is 0 Å². The Morgan fingerprint density at radius 1 is 1.11 bits per heavy atom. The molecular weight excluding hydrogens is 382 g/mol. The summed E-state index contributed by atoms with van der Waals surface area (Å²) in [5.74, 6) is -1.02. The van der Waals surface area contributed by atoms with Gasteiger partial charge in [-0.3, -0.25) is 4.79 Å². The maximum atomic E-state index is 12.5. The molecule has 0 saturated heterocycles. The molecule has 0 aliphatic heterocycles. The van der Waals surface area contributed by atoms with Crippen LogP contribution in [0.3, 0.4) is 0 Å². The van der Waals surface area contributed by atoms with Crippen molar-refractivity contribution in [1.29, 1.82) is 0 Å². The van der Waals surface area contributed by atoms with E-state index in [1.54, 1.807) is 0 Å². The number of hydrogen-bond acceptors (Lipinski definition) is 6. The molecule has 2 atom stereocenters. The lowest BCUT2D eigenvalue weighted by molar-refractivity contribution is -0.142. The number of carboxylic acids is 1. The van der Waals surface area contributed by atoms with Gasteiger partial charge in [-0.05, 0) is 49.8 Å². The topological polar surface area (TPSA) is 131 Å². The number of thioether (sulfide) groups is 1. The number of unbranched alkanes of at least 4 members (excludes halogenated alkanes) is 1. The van der Waals surface area contributed by atoms with Gasteiger partial charge in [0.15, 0.2) is 0 Å². The Morgan fingerprint density at radius 2 is 1.82 bits per heavy atom. The first-order valence-electron chi connectivity index (χ1n) is 9.17. The third-order valence-electron chi connectivity index (χ3n) is 3.99. The minimum atomic E-state index is -1.11. The molecule has 1 rings (SSSR count). The minimum Gasteiger partial charge on any atom is -0.480 e. The van der Waals surface area contributed by atoms with E-state index in [1.807, 2.05) is 36.6 Å². The highest BCUT2D eigenvalue weighted by atomic mass is 32.2. The highest BCUT2D eigenvalue weighted by Gasteiger charge is 2.26. The highest BCUT2D eigenvalue weighted by Crippen LogP contribution is 2.06. The second kappa shape index (κ2) is 13.8. The average Bonchev–Trinajstić information content (AvgIpc) is 2.69. The van der Waals surface area contributed by atoms with Crippen LogP contribution in [-0.2, 0) is 20.9 Å². The molecule has 0 aliphatic carbocycles. The Hall–Kier alpha value is -2.26. The number of carbonyl (C=O) groups is 3. The van der Waals surface area contributed by atoms with Gasteiger partial charge in [0.1, 0.15) is 18.7 Å². The average molecular weight is 412 g/mol. The maximum Gasteiger partial charge on any atom is 0.408 e. The van der Waals surface area contributed by atoms with Gasteiger partial charge in [-0.1, -0.05) is 30.3 Å². The minimum absolute atomic E-state index is 0.0837. The summed E-state index contributed by atoms with van der Waals surface area (Å²) in [6.45, 7) is 0.547. The first-order valence-corrected chi connectivity index (χ1v) is 10.6. The van der Waals surface area contributed by atoms with E-state index in [-0.39, 0.29) is 13.0 Å². The van der Waals surface area contributed by atoms with E-state index in [0.717, 1.165) is 5.56 Å². The number of aliphatic carboxylic acids is 1. The summed E-state index contributed by atoms with van der Waals surface area (Å²) in [6, 6.07) is 7.29. The van der Waals surface area contributed by atoms with Crippen molar-refractivity contribution in [2.45, 2.75) is 44.4 Å². The SMILES string of the molecule is CSCC[C@H](NC(=O)OCc1ccccc1)C(=O)N[C@@H](CCCCN)C(=O)O. The van der Waals surface area contributed by atoms with Crippen LogP contribution in [0.15, 0.2) is 30.3 Å². The van der Waals surface area contributed by atoms with E-state index in [4.69, 9.17) is 10.5 Å². The van der Waals surface area contributed by atoms with Crippen LogP contribution in [0.2, 0.25) is 0 Å². The Kier molecular flexibility index (Phi) is 11.8. The molecule has 0 aromatic heterocycles. The van der Waals surface area contributed by atoms with Crippen molar-refractivity contribution in [2.75, 3.05) is 18.6 Å². The number of carboxylic acid groups (broad SMARTS) is 1. The van der Waals surface area contributed by atoms with Crippen molar-refractivity contribution in [3.05, 3.63) is 35.9 Å². The molecule has 9 heteroatoms. The standard InChI is InChI=1S/C19H29N3O5S/c1-28-12-10-15(17(23)21-16(18(24)25)9-5-6-11-20)22-19(26)27-13-14-7-3-2-4-8-14/h2-4,7-8,15-16H,5-6,9-13,20H2,1H3,(H,21,23)(H,22,26)(H,24,25)/t15-,16-/m0/s1. The van der Waals surface area contributed by atoms with Gasteiger partial charge in [0, 0.05) is 0 Å². The fourth-order valence-corrected chi connectivity index (χ4v) is 2.91. The fraction of sp³-hybridized carbons (Fsp3) is 0.526. The van der Waals surface area contributed by atoms with Crippen molar-refractivity contribution >= 4 is 29.7 Å². The van der Waals surface area contributed by atoms with Gasteiger partial charge in [-0.25, -0.2) is 9.59 Å². The first kappa shape index (κ1) is 23.8. The van der Waals surface area contributed by atoms with Crippen LogP contribution < -0.4 is 16.4 Å². The summed E-state index contributed by atoms with van der Waals surface area (Å²) in [5.41, 5.74) is 6.25. The smallest absolute Gasteiger partial charge is 0.408 e. The lowest BCUT2D eigenvalue weighted by Crippen LogP contribution is -2.51. The molecule has 2 amide bonds. The zero-order valence-electron chi connectivity index (χ0n) is 16.1. The normalized spacial score (nSPS) is 12.6. The molecule has 0 unspecified atom stereocenters. The van der Waals surface area contributed by atoms with E-state index in [1.165, 1.54) is 11.8 Å². The summed E-state index contributed by atoms with van der Waals surface area (Å²) < 4.78 is 5.15. The molecule has 1 aromatic carbocycles. The number of hydrogen-bond donors (Lipinski definition) is 4. The number of alkyl carbamates (subject to hydrolysis) is 1. The number of carbonyl (C=O) groups excluding carboxylic acids is 2. The highest BCUT2D eigenvalue weighted by molar-refractivity contribution is 7.98. The molecule has 0 spiro atoms. The van der Waals surface area contributed by atoms with Gasteiger partial charge < -0.3 is 26.2 Å². The number of rotatable bonds is 13. The molecule has 0 aliphatic rings. The zero-order valence-corrected chi connectivity index (χ0v) is 16.9. The van der Waals surface area contributed by atoms with Gasteiger partial charge >= 0.3 is 12.1 Å². The third kappa shape index (κ3) is 9.61. The van der Waals surface area contributed by atoms with Crippen LogP contribution in [-0.4, -0.2) is 53.7 Å². The van der Waals surface area contributed by atoms with Crippen molar-refractivity contribution in [2.24, 2.45) is 5.73 Å². The predicted molar refractivity (Wildman–Crippen MR) is 109 cm³/mol. The van der Waals surface area contributed by atoms with Gasteiger partial charge in [0.2, 0.25) is 5.91 Å². The lowest BCUT2D eigenvalue weighted by Gasteiger charge is -2.21. The fourth-order valence-electron chi connectivity index (χ4n) is 2.43. The quantitative estimate of drug-likeness (QED) is 0.364. The number of nitrogens with two attached hydrogens (primary N) is 1. The van der Waals surface area contributed by atoms with E-state index in [2.05, 4.69) is 10.6 Å². The number of benzene rings is 1. The Balaban J connectivity index is 2.61. The predicted octanol–water partition coefficient (Wildman–Crippen LogP) is 1.73. The molecule has 5 N–H and O–H groups in total. The molecule has 28 heavy (non-hydrogen) atoms. The zero-order chi connectivity index (χ0) is 20.8. The summed E-state index contributed by atoms with van der Waals surface area (Å²) >= 11 is 1.52. The summed E-state index contributed by atoms with van der Waals surface area (Å²) in [7, 11) is 0. The second-order valence-electron chi connectivity index (χ2n) is 6.22. The molecule has 0 saturated carbocycles. The van der Waals surface area contributed by atoms with Crippen LogP contribution in [0, 0.1) is 0 Å². The van der Waals surface area contributed by atoms with Crippen molar-refractivity contribution in [3.63, 3.8) is 0 Å². The van der Waals surface area contributed by atoms with E-state index in [0.29, 0.717) is 31.6 Å². The lowest BCUT2D eigenvalue weighted by atomic mass is 10.1. The Morgan fingerprint density at radius 3 is 2.43 bits per heavy atom. The Bertz CT molecular complexity index is 615. The van der Waals surface area contributed by atoms with Crippen LogP contribution in [0.4, 0.5) is 4.79 Å². The number of amides is 2. The van der Waals surface area contributed by atoms with E-state index >= 15 is 0 Å². The van der Waals surface area contributed by atoms with Crippen molar-refractivity contribution < 1.29 is 24.2 Å². The maximum absolute atomic E-state index is 12.5. The van der Waals surface area contributed by atoms with E-state index in [9.17, 15) is 19.5 Å². The number of ether oxygens (including phenoxy) is 1. The largest absolute Gasteiger partial charge is 0.480 e. The van der Waals surface area contributed by atoms with Crippen molar-refractivity contribution in [1.82, 2.24) is 10.6 Å². The first-order chi connectivity index (χ1) is 13.5. The van der Waals surface area contributed by atoms with E-state index < -0.39 is 30.1 Å². The molecule has 0 bridgehead atoms. The van der Waals surface area contributed by atoms with Crippen LogP contribution in [0.1, 0.15) is 31.2 Å². The molecule has 0 radical (unpaired) electrons. The molecule has 8 nitrogen and oxygen atoms in total. The molecular formula is C19H29N3O5S. The summed E-state index contributed by atoms with van der Waals surface area (Å²) in [4.78, 5) is 36.0. The molecule has 0 heterocycles. The number of nitrogens with one attached hydrogen (secondary N) is 2. The summed E-state index contributed by atoms with van der Waals surface area (Å²) in [5, 5.41) is 14.3. The Labute approximate surface area is 169 Å². The molecule has 1 aromatic rings. The molecule has 0 fully saturated rings. The summed E-state index contributed by atoms with van der Waals surface area (Å²) in [6.07, 6.45) is 3.08. The van der Waals surface area contributed by atoms with Gasteiger partial charge in [-0.2, -0.15) is 11.8 Å². The molecule has 156 valence electrons. The second-order valence-corrected chi connectivity index (χ2v) is 7.21. The third-order valence-corrected chi connectivity index (χ3v) is 4.64. The van der Waals surface area contributed by atoms with Crippen LogP contribution in [0.25, 0.3) is 0 Å². The van der Waals surface area contributed by atoms with Crippen LogP contribution in [0.5, 0.6) is 0 Å². The van der Waals surface area contributed by atoms with Gasteiger partial charge in [-0.15, -0.1) is 0 Å². The van der Waals surface area contributed by atoms with Gasteiger partial charge in [0.25, 0.3) is 0 Å². The van der Waals surface area contributed by atoms with Gasteiger partial charge in [0.05, 0.1) is 0 Å². The van der Waals surface area contributed by atoms with Crippen LogP contribution >= 0.6 is 11.8 Å².